The topological polar surface area (TPSA) is 66.9 Å². The van der Waals surface area contributed by atoms with Crippen LogP contribution < -0.4 is 10.6 Å². The van der Waals surface area contributed by atoms with Crippen LogP contribution in [0.4, 0.5) is 17.3 Å². The van der Waals surface area contributed by atoms with Gasteiger partial charge in [0.05, 0.1) is 0 Å². The van der Waals surface area contributed by atoms with Gasteiger partial charge in [-0.2, -0.15) is 0 Å². The number of aromatic nitrogens is 2. The average molecular weight is 339 g/mol. The number of nitrogens with one attached hydrogen (secondary N) is 2. The van der Waals surface area contributed by atoms with Crippen molar-refractivity contribution in [3.63, 3.8) is 0 Å². The normalized spacial score (nSPS) is 10.2. The lowest BCUT2D eigenvalue weighted by Crippen LogP contribution is -2.14. The fourth-order valence-electron chi connectivity index (χ4n) is 2.11. The Balaban J connectivity index is 1.76. The molecule has 1 aromatic heterocycles. The number of anilines is 3. The van der Waals surface area contributed by atoms with Crippen molar-refractivity contribution in [2.24, 2.45) is 0 Å². The Kier molecular flexibility index (Phi) is 4.72. The van der Waals surface area contributed by atoms with Crippen molar-refractivity contribution >= 4 is 34.8 Å². The number of carbonyl (C=O) groups excluding carboxylic acids is 1. The summed E-state index contributed by atoms with van der Waals surface area (Å²) >= 11 is 5.83. The smallest absolute Gasteiger partial charge is 0.274 e. The Labute approximate surface area is 144 Å². The van der Waals surface area contributed by atoms with Crippen molar-refractivity contribution in [1.29, 1.82) is 0 Å². The molecule has 0 aliphatic carbocycles. The fraction of sp³-hybridized carbons (Fsp3) is 0.0556. The van der Waals surface area contributed by atoms with Crippen molar-refractivity contribution in [2.75, 3.05) is 10.6 Å². The third-order valence-corrected chi connectivity index (χ3v) is 3.63. The molecule has 3 rings (SSSR count). The monoisotopic (exact) mass is 338 g/mol. The number of aryl methyl sites for hydroxylation is 1. The van der Waals surface area contributed by atoms with E-state index in [1.807, 2.05) is 31.2 Å². The van der Waals surface area contributed by atoms with Crippen molar-refractivity contribution < 1.29 is 4.79 Å². The van der Waals surface area contributed by atoms with Crippen LogP contribution in [0.15, 0.2) is 60.8 Å². The Bertz CT molecular complexity index is 865. The zero-order chi connectivity index (χ0) is 16.9. The van der Waals surface area contributed by atoms with Gasteiger partial charge in [-0.3, -0.25) is 4.79 Å². The van der Waals surface area contributed by atoms with Gasteiger partial charge in [-0.1, -0.05) is 29.8 Å². The predicted octanol–water partition coefficient (Wildman–Crippen LogP) is 4.43. The van der Waals surface area contributed by atoms with Crippen molar-refractivity contribution in [3.8, 4) is 0 Å². The van der Waals surface area contributed by atoms with Crippen molar-refractivity contribution in [2.45, 2.75) is 6.92 Å². The van der Waals surface area contributed by atoms with Crippen molar-refractivity contribution in [3.05, 3.63) is 77.1 Å². The zero-order valence-corrected chi connectivity index (χ0v) is 13.7. The van der Waals surface area contributed by atoms with Crippen molar-refractivity contribution in [1.82, 2.24) is 9.97 Å². The van der Waals surface area contributed by atoms with Gasteiger partial charge in [0.25, 0.3) is 5.91 Å². The Morgan fingerprint density at radius 3 is 2.54 bits per heavy atom. The summed E-state index contributed by atoms with van der Waals surface area (Å²) in [6.07, 6.45) is 1.55. The number of carbonyl (C=O) groups is 1. The molecule has 1 heterocycles. The van der Waals surface area contributed by atoms with E-state index in [9.17, 15) is 4.79 Å². The first-order chi connectivity index (χ1) is 11.6. The lowest BCUT2D eigenvalue weighted by molar-refractivity contribution is 0.102. The second kappa shape index (κ2) is 7.10. The Morgan fingerprint density at radius 2 is 1.79 bits per heavy atom. The first kappa shape index (κ1) is 16.0. The Hall–Kier alpha value is -2.92. The lowest BCUT2D eigenvalue weighted by Gasteiger charge is -2.09. The van der Waals surface area contributed by atoms with Gasteiger partial charge in [-0.05, 0) is 48.9 Å². The van der Waals surface area contributed by atoms with Gasteiger partial charge in [0, 0.05) is 22.6 Å². The van der Waals surface area contributed by atoms with Gasteiger partial charge in [-0.15, -0.1) is 0 Å². The van der Waals surface area contributed by atoms with Crippen LogP contribution in [0.1, 0.15) is 16.1 Å². The summed E-state index contributed by atoms with van der Waals surface area (Å²) in [5, 5.41) is 6.50. The quantitative estimate of drug-likeness (QED) is 0.738. The molecule has 1 amide bonds. The van der Waals surface area contributed by atoms with E-state index in [0.717, 1.165) is 11.3 Å². The lowest BCUT2D eigenvalue weighted by atomic mass is 10.2. The number of hydrogen-bond acceptors (Lipinski definition) is 4. The summed E-state index contributed by atoms with van der Waals surface area (Å²) in [5.74, 6) is 0.0561. The maximum atomic E-state index is 12.3. The molecule has 5 nitrogen and oxygen atoms in total. The van der Waals surface area contributed by atoms with E-state index in [0.29, 0.717) is 16.7 Å². The molecule has 3 aromatic rings. The molecule has 2 N–H and O–H groups in total. The molecule has 0 aliphatic rings. The van der Waals surface area contributed by atoms with Crippen LogP contribution in [0.3, 0.4) is 0 Å². The van der Waals surface area contributed by atoms with E-state index in [1.54, 1.807) is 36.5 Å². The molecule has 2 aromatic carbocycles. The molecular formula is C18H15ClN4O. The summed E-state index contributed by atoms with van der Waals surface area (Å²) in [7, 11) is 0. The molecule has 0 radical (unpaired) electrons. The molecule has 0 saturated heterocycles. The molecule has 0 atom stereocenters. The number of halogens is 1. The minimum atomic E-state index is -0.312. The van der Waals surface area contributed by atoms with Crippen LogP contribution in [-0.2, 0) is 0 Å². The van der Waals surface area contributed by atoms with Gasteiger partial charge in [0.1, 0.15) is 5.69 Å². The second-order valence-corrected chi connectivity index (χ2v) is 5.60. The molecule has 120 valence electrons. The molecule has 0 fully saturated rings. The molecule has 0 bridgehead atoms. The van der Waals surface area contributed by atoms with Crippen LogP contribution in [0, 0.1) is 6.92 Å². The number of amides is 1. The molecular weight excluding hydrogens is 324 g/mol. The Morgan fingerprint density at radius 1 is 1.04 bits per heavy atom. The van der Waals surface area contributed by atoms with Crippen LogP contribution >= 0.6 is 11.6 Å². The SMILES string of the molecule is Cc1ccccc1Nc1nccc(C(=O)Nc2ccc(Cl)cc2)n1. The highest BCUT2D eigenvalue weighted by atomic mass is 35.5. The molecule has 0 unspecified atom stereocenters. The van der Waals surface area contributed by atoms with Crippen LogP contribution in [0.2, 0.25) is 5.02 Å². The first-order valence-corrected chi connectivity index (χ1v) is 7.72. The third-order valence-electron chi connectivity index (χ3n) is 3.38. The number of hydrogen-bond donors (Lipinski definition) is 2. The highest BCUT2D eigenvalue weighted by molar-refractivity contribution is 6.30. The largest absolute Gasteiger partial charge is 0.324 e. The van der Waals surface area contributed by atoms with Gasteiger partial charge >= 0.3 is 0 Å². The maximum absolute atomic E-state index is 12.3. The average Bonchev–Trinajstić information content (AvgIpc) is 2.59. The summed E-state index contributed by atoms with van der Waals surface area (Å²) in [6, 6.07) is 16.2. The van der Waals surface area contributed by atoms with E-state index in [2.05, 4.69) is 20.6 Å². The number of benzene rings is 2. The molecule has 24 heavy (non-hydrogen) atoms. The number of nitrogens with zero attached hydrogens (tertiary/aromatic N) is 2. The van der Waals surface area contributed by atoms with Gasteiger partial charge < -0.3 is 10.6 Å². The number of para-hydroxylation sites is 1. The van der Waals surface area contributed by atoms with Gasteiger partial charge in [0.15, 0.2) is 0 Å². The van der Waals surface area contributed by atoms with Crippen LogP contribution in [0.5, 0.6) is 0 Å². The standard InChI is InChI=1S/C18H15ClN4O/c1-12-4-2-3-5-15(12)22-18-20-11-10-16(23-18)17(24)21-14-8-6-13(19)7-9-14/h2-11H,1H3,(H,21,24)(H,20,22,23). The molecule has 0 aliphatic heterocycles. The maximum Gasteiger partial charge on any atom is 0.274 e. The van der Waals surface area contributed by atoms with E-state index >= 15 is 0 Å². The summed E-state index contributed by atoms with van der Waals surface area (Å²) in [4.78, 5) is 20.7. The third kappa shape index (κ3) is 3.88. The summed E-state index contributed by atoms with van der Waals surface area (Å²) < 4.78 is 0. The number of rotatable bonds is 4. The summed E-state index contributed by atoms with van der Waals surface area (Å²) in [5.41, 5.74) is 2.89. The van der Waals surface area contributed by atoms with E-state index in [1.165, 1.54) is 0 Å². The minimum Gasteiger partial charge on any atom is -0.324 e. The minimum absolute atomic E-state index is 0.274. The van der Waals surface area contributed by atoms with Gasteiger partial charge in [-0.25, -0.2) is 9.97 Å². The summed E-state index contributed by atoms with van der Waals surface area (Å²) in [6.45, 7) is 1.99. The van der Waals surface area contributed by atoms with Crippen LogP contribution in [-0.4, -0.2) is 15.9 Å². The fourth-order valence-corrected chi connectivity index (χ4v) is 2.23. The van der Waals surface area contributed by atoms with E-state index in [-0.39, 0.29) is 11.6 Å². The molecule has 0 spiro atoms. The second-order valence-electron chi connectivity index (χ2n) is 5.17. The van der Waals surface area contributed by atoms with E-state index < -0.39 is 0 Å². The highest BCUT2D eigenvalue weighted by Gasteiger charge is 2.10. The van der Waals surface area contributed by atoms with Gasteiger partial charge in [0.2, 0.25) is 5.95 Å². The highest BCUT2D eigenvalue weighted by Crippen LogP contribution is 2.18. The van der Waals surface area contributed by atoms with E-state index in [4.69, 9.17) is 11.6 Å². The van der Waals surface area contributed by atoms with Crippen LogP contribution in [0.25, 0.3) is 0 Å². The molecule has 0 saturated carbocycles. The molecule has 6 heteroatoms. The zero-order valence-electron chi connectivity index (χ0n) is 13.0. The predicted molar refractivity (Wildman–Crippen MR) is 95.9 cm³/mol. The first-order valence-electron chi connectivity index (χ1n) is 7.34.